The van der Waals surface area contributed by atoms with E-state index in [9.17, 15) is 4.79 Å². The molecule has 2 aliphatic rings. The molecule has 5 nitrogen and oxygen atoms in total. The number of aryl methyl sites for hydroxylation is 1. The monoisotopic (exact) mass is 422 g/mol. The molecule has 2 fully saturated rings. The summed E-state index contributed by atoms with van der Waals surface area (Å²) in [4.78, 5) is 15.0. The molecule has 0 aromatic heterocycles. The summed E-state index contributed by atoms with van der Waals surface area (Å²) in [6.07, 6.45) is 5.79. The van der Waals surface area contributed by atoms with Crippen molar-refractivity contribution in [1.29, 1.82) is 0 Å². The Balaban J connectivity index is 1.61. The number of ether oxygens (including phenoxy) is 2. The van der Waals surface area contributed by atoms with Gasteiger partial charge in [-0.25, -0.2) is 0 Å². The van der Waals surface area contributed by atoms with Gasteiger partial charge in [-0.1, -0.05) is 30.7 Å². The first-order valence-electron chi connectivity index (χ1n) is 11.4. The van der Waals surface area contributed by atoms with E-state index in [0.717, 1.165) is 50.1 Å². The fraction of sp³-hybridized carbons (Fsp3) is 0.500. The van der Waals surface area contributed by atoms with Crippen molar-refractivity contribution in [2.24, 2.45) is 0 Å². The van der Waals surface area contributed by atoms with Crippen LogP contribution in [0.3, 0.4) is 0 Å². The van der Waals surface area contributed by atoms with Crippen LogP contribution in [0.25, 0.3) is 0 Å². The minimum atomic E-state index is 0.202. The lowest BCUT2D eigenvalue weighted by Gasteiger charge is -2.33. The molecule has 2 saturated heterocycles. The van der Waals surface area contributed by atoms with Crippen LogP contribution in [-0.4, -0.2) is 43.2 Å². The van der Waals surface area contributed by atoms with Crippen LogP contribution in [0.2, 0.25) is 0 Å². The maximum Gasteiger partial charge on any atom is 0.220 e. The fourth-order valence-corrected chi connectivity index (χ4v) is 5.19. The van der Waals surface area contributed by atoms with Crippen LogP contribution in [-0.2, 0) is 17.8 Å². The number of hydrogen-bond donors (Lipinski definition) is 1. The molecule has 2 aromatic carbocycles. The Morgan fingerprint density at radius 2 is 1.87 bits per heavy atom. The molecule has 0 spiro atoms. The highest BCUT2D eigenvalue weighted by molar-refractivity contribution is 5.76. The normalized spacial score (nSPS) is 24.1. The van der Waals surface area contributed by atoms with Crippen molar-refractivity contribution >= 4 is 5.91 Å². The molecule has 1 N–H and O–H groups in total. The number of carbonyl (C=O) groups excluding carboxylic acids is 1. The number of likely N-dealkylation sites (tertiary alicyclic amines) is 1. The molecule has 0 unspecified atom stereocenters. The molecule has 0 radical (unpaired) electrons. The summed E-state index contributed by atoms with van der Waals surface area (Å²) in [6, 6.07) is 15.8. The second-order valence-electron chi connectivity index (χ2n) is 8.92. The molecule has 2 aliphatic heterocycles. The van der Waals surface area contributed by atoms with Crippen molar-refractivity contribution in [3.05, 3.63) is 59.2 Å². The molecule has 0 bridgehead atoms. The van der Waals surface area contributed by atoms with Crippen LogP contribution in [0.5, 0.6) is 11.5 Å². The van der Waals surface area contributed by atoms with Gasteiger partial charge in [0.25, 0.3) is 0 Å². The van der Waals surface area contributed by atoms with Crippen molar-refractivity contribution in [3.63, 3.8) is 0 Å². The van der Waals surface area contributed by atoms with Crippen molar-refractivity contribution in [3.8, 4) is 11.5 Å². The molecule has 0 saturated carbocycles. The molecule has 1 amide bonds. The summed E-state index contributed by atoms with van der Waals surface area (Å²) in [6.45, 7) is 2.93. The van der Waals surface area contributed by atoms with Crippen LogP contribution < -0.4 is 14.8 Å². The Morgan fingerprint density at radius 3 is 2.61 bits per heavy atom. The zero-order chi connectivity index (χ0) is 21.8. The number of nitrogens with one attached hydrogen (secondary N) is 1. The van der Waals surface area contributed by atoms with Gasteiger partial charge >= 0.3 is 0 Å². The van der Waals surface area contributed by atoms with E-state index < -0.39 is 0 Å². The van der Waals surface area contributed by atoms with Crippen LogP contribution >= 0.6 is 0 Å². The van der Waals surface area contributed by atoms with E-state index in [1.54, 1.807) is 14.2 Å². The maximum atomic E-state index is 12.4. The lowest BCUT2D eigenvalue weighted by molar-refractivity contribution is -0.122. The van der Waals surface area contributed by atoms with E-state index in [1.807, 2.05) is 12.1 Å². The molecular weight excluding hydrogens is 388 g/mol. The lowest BCUT2D eigenvalue weighted by Crippen LogP contribution is -2.46. The van der Waals surface area contributed by atoms with E-state index in [2.05, 4.69) is 47.5 Å². The first kappa shape index (κ1) is 21.7. The summed E-state index contributed by atoms with van der Waals surface area (Å²) in [5.41, 5.74) is 3.71. The standard InChI is InChI=1S/C26H34N2O3/c1-18-8-11-20(25(14-18)31-3)17-28-21(15-19-9-12-22(30-2)13-10-19)16-23-24(28)6-4-5-7-26(29)27-23/h8-14,21,23-24H,4-7,15-17H2,1-3H3,(H,27,29)/t21-,23+,24-/m1/s1. The number of benzene rings is 2. The van der Waals surface area contributed by atoms with E-state index in [1.165, 1.54) is 16.7 Å². The topological polar surface area (TPSA) is 50.8 Å². The van der Waals surface area contributed by atoms with Gasteiger partial charge < -0.3 is 14.8 Å². The Morgan fingerprint density at radius 1 is 1.06 bits per heavy atom. The number of carbonyl (C=O) groups is 1. The SMILES string of the molecule is COc1ccc(C[C@@H]2C[C@@H]3NC(=O)CCCC[C@H]3N2Cc2ccc(C)cc2OC)cc1. The molecule has 5 heteroatoms. The van der Waals surface area contributed by atoms with Gasteiger partial charge in [-0.15, -0.1) is 0 Å². The van der Waals surface area contributed by atoms with Crippen LogP contribution in [0.15, 0.2) is 42.5 Å². The van der Waals surface area contributed by atoms with Gasteiger partial charge in [0.15, 0.2) is 0 Å². The quantitative estimate of drug-likeness (QED) is 0.756. The Kier molecular flexibility index (Phi) is 6.81. The van der Waals surface area contributed by atoms with Crippen LogP contribution in [0.1, 0.15) is 48.8 Å². The van der Waals surface area contributed by atoms with Gasteiger partial charge in [0.2, 0.25) is 5.91 Å². The van der Waals surface area contributed by atoms with Gasteiger partial charge in [-0.2, -0.15) is 0 Å². The van der Waals surface area contributed by atoms with E-state index >= 15 is 0 Å². The Bertz CT molecular complexity index is 896. The van der Waals surface area contributed by atoms with E-state index in [-0.39, 0.29) is 11.9 Å². The molecule has 2 heterocycles. The van der Waals surface area contributed by atoms with Gasteiger partial charge in [0, 0.05) is 36.7 Å². The molecule has 3 atom stereocenters. The second kappa shape index (κ2) is 9.73. The number of fused-ring (bicyclic) bond motifs is 1. The third-order valence-electron chi connectivity index (χ3n) is 6.81. The van der Waals surface area contributed by atoms with E-state index in [4.69, 9.17) is 9.47 Å². The minimum Gasteiger partial charge on any atom is -0.497 e. The summed E-state index contributed by atoms with van der Waals surface area (Å²) in [5.74, 6) is 2.03. The lowest BCUT2D eigenvalue weighted by atomic mass is 9.97. The average Bonchev–Trinajstić information content (AvgIpc) is 3.06. The zero-order valence-electron chi connectivity index (χ0n) is 18.9. The Hall–Kier alpha value is -2.53. The number of hydrogen-bond acceptors (Lipinski definition) is 4. The van der Waals surface area contributed by atoms with Crippen LogP contribution in [0.4, 0.5) is 0 Å². The minimum absolute atomic E-state index is 0.202. The van der Waals surface area contributed by atoms with Crippen molar-refractivity contribution < 1.29 is 14.3 Å². The number of nitrogens with zero attached hydrogens (tertiary/aromatic N) is 1. The second-order valence-corrected chi connectivity index (χ2v) is 8.92. The predicted octanol–water partition coefficient (Wildman–Crippen LogP) is 4.26. The fourth-order valence-electron chi connectivity index (χ4n) is 5.19. The molecular formula is C26H34N2O3. The molecule has 31 heavy (non-hydrogen) atoms. The summed E-state index contributed by atoms with van der Waals surface area (Å²) >= 11 is 0. The number of amides is 1. The Labute approximate surface area is 185 Å². The van der Waals surface area contributed by atoms with Crippen molar-refractivity contribution in [2.75, 3.05) is 14.2 Å². The first-order chi connectivity index (χ1) is 15.1. The third kappa shape index (κ3) is 5.04. The van der Waals surface area contributed by atoms with Gasteiger partial charge in [0.05, 0.1) is 14.2 Å². The first-order valence-corrected chi connectivity index (χ1v) is 11.4. The highest BCUT2D eigenvalue weighted by Gasteiger charge is 2.42. The zero-order valence-corrected chi connectivity index (χ0v) is 18.9. The maximum absolute atomic E-state index is 12.4. The van der Waals surface area contributed by atoms with Crippen molar-refractivity contribution in [2.45, 2.75) is 70.1 Å². The van der Waals surface area contributed by atoms with Gasteiger partial charge in [-0.3, -0.25) is 9.69 Å². The van der Waals surface area contributed by atoms with Crippen LogP contribution in [0, 0.1) is 6.92 Å². The molecule has 2 aromatic rings. The third-order valence-corrected chi connectivity index (χ3v) is 6.81. The number of rotatable bonds is 6. The highest BCUT2D eigenvalue weighted by Crippen LogP contribution is 2.35. The molecule has 4 rings (SSSR count). The highest BCUT2D eigenvalue weighted by atomic mass is 16.5. The largest absolute Gasteiger partial charge is 0.497 e. The van der Waals surface area contributed by atoms with Crippen molar-refractivity contribution in [1.82, 2.24) is 10.2 Å². The van der Waals surface area contributed by atoms with Gasteiger partial charge in [-0.05, 0) is 61.9 Å². The summed E-state index contributed by atoms with van der Waals surface area (Å²) in [7, 11) is 3.44. The van der Waals surface area contributed by atoms with E-state index in [0.29, 0.717) is 18.5 Å². The molecule has 0 aliphatic carbocycles. The number of methoxy groups -OCH3 is 2. The summed E-state index contributed by atoms with van der Waals surface area (Å²) in [5, 5.41) is 3.34. The summed E-state index contributed by atoms with van der Waals surface area (Å²) < 4.78 is 11.0. The predicted molar refractivity (Wildman–Crippen MR) is 123 cm³/mol. The van der Waals surface area contributed by atoms with Gasteiger partial charge in [0.1, 0.15) is 11.5 Å². The molecule has 166 valence electrons. The average molecular weight is 423 g/mol. The smallest absolute Gasteiger partial charge is 0.220 e.